The van der Waals surface area contributed by atoms with E-state index in [9.17, 15) is 4.79 Å². The lowest BCUT2D eigenvalue weighted by atomic mass is 10.1. The molecule has 3 aromatic carbocycles. The Kier molecular flexibility index (Phi) is 7.32. The van der Waals surface area contributed by atoms with Crippen molar-refractivity contribution in [2.45, 2.75) is 25.5 Å². The maximum atomic E-state index is 12.6. The number of carbonyl (C=O) groups excluding carboxylic acids is 1. The molecule has 33 heavy (non-hydrogen) atoms. The molecule has 0 fully saturated rings. The van der Waals surface area contributed by atoms with Crippen LogP contribution >= 0.6 is 23.4 Å². The number of amides is 1. The highest BCUT2D eigenvalue weighted by molar-refractivity contribution is 7.99. The lowest BCUT2D eigenvalue weighted by Crippen LogP contribution is -2.15. The Morgan fingerprint density at radius 3 is 2.61 bits per heavy atom. The number of aromatic nitrogens is 3. The molecule has 0 aliphatic heterocycles. The summed E-state index contributed by atoms with van der Waals surface area (Å²) in [4.78, 5) is 12.6. The monoisotopic (exact) mass is 477 g/mol. The number of nitrogens with zero attached hydrogens (tertiary/aromatic N) is 3. The van der Waals surface area contributed by atoms with Crippen LogP contribution in [0.3, 0.4) is 0 Å². The van der Waals surface area contributed by atoms with Crippen LogP contribution in [0.1, 0.15) is 17.0 Å². The number of aryl methyl sites for hydroxylation is 2. The number of hydrogen-bond acceptors (Lipinski definition) is 5. The van der Waals surface area contributed by atoms with E-state index < -0.39 is 0 Å². The summed E-state index contributed by atoms with van der Waals surface area (Å²) in [5.74, 6) is 0.869. The summed E-state index contributed by atoms with van der Waals surface area (Å²) in [7, 11) is 0. The van der Waals surface area contributed by atoms with Gasteiger partial charge in [-0.3, -0.25) is 9.36 Å². The lowest BCUT2D eigenvalue weighted by molar-refractivity contribution is -0.113. The van der Waals surface area contributed by atoms with Crippen molar-refractivity contribution in [3.63, 3.8) is 0 Å². The molecule has 168 valence electrons. The summed E-state index contributed by atoms with van der Waals surface area (Å²) in [6.07, 6.45) is 0. The zero-order valence-electron chi connectivity index (χ0n) is 18.4. The van der Waals surface area contributed by atoms with Crippen LogP contribution in [0.2, 0.25) is 5.02 Å². The van der Waals surface area contributed by atoms with Gasteiger partial charge in [-0.2, -0.15) is 0 Å². The highest BCUT2D eigenvalue weighted by atomic mass is 35.5. The zero-order valence-corrected chi connectivity index (χ0v) is 20.0. The average Bonchev–Trinajstić information content (AvgIpc) is 3.22. The van der Waals surface area contributed by atoms with Gasteiger partial charge in [0.2, 0.25) is 5.91 Å². The molecule has 0 radical (unpaired) electrons. The molecule has 0 aliphatic carbocycles. The molecule has 0 saturated heterocycles. The molecule has 2 N–H and O–H groups in total. The van der Waals surface area contributed by atoms with Gasteiger partial charge in [0, 0.05) is 22.1 Å². The second-order valence-corrected chi connectivity index (χ2v) is 8.97. The fraction of sp³-hybridized carbons (Fsp3) is 0.160. The Morgan fingerprint density at radius 2 is 1.82 bits per heavy atom. The van der Waals surface area contributed by atoms with E-state index in [0.29, 0.717) is 16.7 Å². The van der Waals surface area contributed by atoms with Crippen molar-refractivity contribution >= 4 is 40.6 Å². The number of benzene rings is 3. The second-order valence-electron chi connectivity index (χ2n) is 7.59. The zero-order chi connectivity index (χ0) is 23.2. The minimum atomic E-state index is -0.0880. The molecule has 0 aliphatic rings. The van der Waals surface area contributed by atoms with E-state index in [2.05, 4.69) is 20.8 Å². The Hall–Kier alpha value is -3.29. The van der Waals surface area contributed by atoms with E-state index in [0.717, 1.165) is 34.0 Å². The molecule has 0 spiro atoms. The molecule has 0 unspecified atom stereocenters. The number of thioether (sulfide) groups is 1. The maximum Gasteiger partial charge on any atom is 0.234 e. The quantitative estimate of drug-likeness (QED) is 0.310. The van der Waals surface area contributed by atoms with Crippen molar-refractivity contribution in [3.05, 3.63) is 94.8 Å². The summed E-state index contributed by atoms with van der Waals surface area (Å²) in [6, 6.07) is 23.4. The Balaban J connectivity index is 1.50. The molecule has 8 heteroatoms. The normalized spacial score (nSPS) is 10.8. The predicted octanol–water partition coefficient (Wildman–Crippen LogP) is 5.88. The van der Waals surface area contributed by atoms with Crippen molar-refractivity contribution in [1.82, 2.24) is 14.8 Å². The number of carbonyl (C=O) groups is 1. The highest BCUT2D eigenvalue weighted by Crippen LogP contribution is 2.24. The standard InChI is InChI=1S/C25H24ClN5OS/c1-17-11-12-18(2)22(13-17)28-24(32)16-33-25-30-29-23(31(25)21-9-4-3-5-10-21)15-27-20-8-6-7-19(26)14-20/h3-14,27H,15-16H2,1-2H3,(H,28,32). The average molecular weight is 478 g/mol. The van der Waals surface area contributed by atoms with Crippen LogP contribution in [0.15, 0.2) is 78.0 Å². The Labute approximate surface area is 202 Å². The van der Waals surface area contributed by atoms with Crippen molar-refractivity contribution in [2.75, 3.05) is 16.4 Å². The molecule has 0 bridgehead atoms. The molecular weight excluding hydrogens is 454 g/mol. The second kappa shape index (κ2) is 10.6. The molecule has 4 rings (SSSR count). The van der Waals surface area contributed by atoms with Crippen LogP contribution in [-0.2, 0) is 11.3 Å². The van der Waals surface area contributed by atoms with E-state index in [4.69, 9.17) is 11.6 Å². The third-order valence-electron chi connectivity index (χ3n) is 4.99. The maximum absolute atomic E-state index is 12.6. The van der Waals surface area contributed by atoms with Gasteiger partial charge < -0.3 is 10.6 Å². The smallest absolute Gasteiger partial charge is 0.234 e. The summed E-state index contributed by atoms with van der Waals surface area (Å²) >= 11 is 7.44. The summed E-state index contributed by atoms with van der Waals surface area (Å²) in [5.41, 5.74) is 4.79. The lowest BCUT2D eigenvalue weighted by Gasteiger charge is -2.12. The largest absolute Gasteiger partial charge is 0.378 e. The van der Waals surface area contributed by atoms with Crippen LogP contribution in [0.25, 0.3) is 5.69 Å². The molecule has 0 saturated carbocycles. The first-order valence-electron chi connectivity index (χ1n) is 10.5. The van der Waals surface area contributed by atoms with Gasteiger partial charge in [-0.15, -0.1) is 10.2 Å². The van der Waals surface area contributed by atoms with Gasteiger partial charge in [-0.05, 0) is 61.4 Å². The minimum Gasteiger partial charge on any atom is -0.378 e. The van der Waals surface area contributed by atoms with Gasteiger partial charge in [0.15, 0.2) is 11.0 Å². The van der Waals surface area contributed by atoms with Crippen LogP contribution < -0.4 is 10.6 Å². The molecule has 0 atom stereocenters. The van der Waals surface area contributed by atoms with Gasteiger partial charge in [0.1, 0.15) is 0 Å². The molecule has 1 aromatic heterocycles. The third kappa shape index (κ3) is 5.94. The van der Waals surface area contributed by atoms with Gasteiger partial charge in [-0.1, -0.05) is 59.8 Å². The van der Waals surface area contributed by atoms with Crippen molar-refractivity contribution in [3.8, 4) is 5.69 Å². The number of halogens is 1. The number of para-hydroxylation sites is 1. The van der Waals surface area contributed by atoms with Gasteiger partial charge >= 0.3 is 0 Å². The van der Waals surface area contributed by atoms with Gasteiger partial charge in [-0.25, -0.2) is 0 Å². The molecular formula is C25H24ClN5OS. The van der Waals surface area contributed by atoms with E-state index in [1.165, 1.54) is 11.8 Å². The third-order valence-corrected chi connectivity index (χ3v) is 6.15. The Bertz CT molecular complexity index is 1260. The molecule has 4 aromatic rings. The van der Waals surface area contributed by atoms with Crippen LogP contribution in [0.4, 0.5) is 11.4 Å². The number of hydrogen-bond donors (Lipinski definition) is 2. The SMILES string of the molecule is Cc1ccc(C)c(NC(=O)CSc2nnc(CNc3cccc(Cl)c3)n2-c2ccccc2)c1. The van der Waals surface area contributed by atoms with E-state index in [1.807, 2.05) is 91.2 Å². The van der Waals surface area contributed by atoms with Crippen LogP contribution in [0.5, 0.6) is 0 Å². The Morgan fingerprint density at radius 1 is 1.00 bits per heavy atom. The highest BCUT2D eigenvalue weighted by Gasteiger charge is 2.16. The van der Waals surface area contributed by atoms with Crippen LogP contribution in [-0.4, -0.2) is 26.4 Å². The predicted molar refractivity (Wildman–Crippen MR) is 135 cm³/mol. The number of nitrogens with one attached hydrogen (secondary N) is 2. The van der Waals surface area contributed by atoms with Crippen molar-refractivity contribution in [1.29, 1.82) is 0 Å². The van der Waals surface area contributed by atoms with Crippen molar-refractivity contribution in [2.24, 2.45) is 0 Å². The van der Waals surface area contributed by atoms with E-state index in [1.54, 1.807) is 0 Å². The first-order chi connectivity index (χ1) is 16.0. The molecule has 1 amide bonds. The van der Waals surface area contributed by atoms with E-state index >= 15 is 0 Å². The molecule has 1 heterocycles. The summed E-state index contributed by atoms with van der Waals surface area (Å²) in [6.45, 7) is 4.44. The first-order valence-corrected chi connectivity index (χ1v) is 11.8. The summed E-state index contributed by atoms with van der Waals surface area (Å²) < 4.78 is 1.97. The fourth-order valence-electron chi connectivity index (χ4n) is 3.31. The topological polar surface area (TPSA) is 71.8 Å². The van der Waals surface area contributed by atoms with Crippen LogP contribution in [0, 0.1) is 13.8 Å². The number of anilines is 2. The minimum absolute atomic E-state index is 0.0880. The first kappa shape index (κ1) is 22.9. The van der Waals surface area contributed by atoms with Crippen molar-refractivity contribution < 1.29 is 4.79 Å². The van der Waals surface area contributed by atoms with Gasteiger partial charge in [0.25, 0.3) is 0 Å². The summed E-state index contributed by atoms with van der Waals surface area (Å²) in [5, 5.41) is 16.4. The number of rotatable bonds is 8. The van der Waals surface area contributed by atoms with Gasteiger partial charge in [0.05, 0.1) is 12.3 Å². The fourth-order valence-corrected chi connectivity index (χ4v) is 4.27. The van der Waals surface area contributed by atoms with E-state index in [-0.39, 0.29) is 11.7 Å². The molecule has 6 nitrogen and oxygen atoms in total.